The Hall–Kier alpha value is -0.860. The van der Waals surface area contributed by atoms with Crippen LogP contribution < -0.4 is 0 Å². The first-order valence-electron chi connectivity index (χ1n) is 5.26. The topological polar surface area (TPSA) is 37.4 Å². The molecule has 2 fully saturated rings. The first-order valence-corrected chi connectivity index (χ1v) is 5.26. The number of rotatable bonds is 1. The van der Waals surface area contributed by atoms with Gasteiger partial charge in [0.1, 0.15) is 0 Å². The van der Waals surface area contributed by atoms with E-state index in [0.717, 1.165) is 12.8 Å². The van der Waals surface area contributed by atoms with E-state index in [2.05, 4.69) is 0 Å². The molecule has 2 rings (SSSR count). The van der Waals surface area contributed by atoms with E-state index in [1.807, 2.05) is 20.8 Å². The maximum atomic E-state index is 11.7. The summed E-state index contributed by atoms with van der Waals surface area (Å²) in [5.41, 5.74) is -0.0869. The summed E-state index contributed by atoms with van der Waals surface area (Å²) in [6.07, 6.45) is 2.16. The number of ketones is 1. The molecule has 1 atom stereocenters. The molecule has 1 amide bonds. The molecule has 14 heavy (non-hydrogen) atoms. The summed E-state index contributed by atoms with van der Waals surface area (Å²) >= 11 is 0. The molecule has 1 saturated heterocycles. The molecule has 3 nitrogen and oxygen atoms in total. The van der Waals surface area contributed by atoms with Crippen LogP contribution in [0.4, 0.5) is 0 Å². The second-order valence-corrected chi connectivity index (χ2v) is 5.47. The number of hydrogen-bond donors (Lipinski definition) is 0. The molecule has 0 N–H and O–H groups in total. The predicted molar refractivity (Wildman–Crippen MR) is 52.7 cm³/mol. The highest BCUT2D eigenvalue weighted by molar-refractivity contribution is 6.39. The first-order chi connectivity index (χ1) is 6.41. The van der Waals surface area contributed by atoms with Gasteiger partial charge in [0.2, 0.25) is 5.78 Å². The Bertz CT molecular complexity index is 286. The summed E-state index contributed by atoms with van der Waals surface area (Å²) < 4.78 is 0. The molecular formula is C11H17NO2. The fourth-order valence-corrected chi connectivity index (χ4v) is 2.02. The SMILES string of the molecule is CC(C)(C)C1CN(C2CC2)C(=O)C1=O. The number of Topliss-reactive ketones (excluding diaryl/α,β-unsaturated/α-hetero) is 1. The molecular weight excluding hydrogens is 178 g/mol. The lowest BCUT2D eigenvalue weighted by atomic mass is 9.79. The third-order valence-electron chi connectivity index (χ3n) is 3.20. The standard InChI is InChI=1S/C11H17NO2/c1-11(2,3)8-6-12(7-4-5-7)10(14)9(8)13/h7-8H,4-6H2,1-3H3. The van der Waals surface area contributed by atoms with Crippen molar-refractivity contribution in [2.24, 2.45) is 11.3 Å². The van der Waals surface area contributed by atoms with Crippen molar-refractivity contribution in [3.05, 3.63) is 0 Å². The average Bonchev–Trinajstić information content (AvgIpc) is 2.81. The van der Waals surface area contributed by atoms with Gasteiger partial charge in [0, 0.05) is 18.5 Å². The largest absolute Gasteiger partial charge is 0.332 e. The molecule has 78 valence electrons. The Morgan fingerprint density at radius 2 is 1.79 bits per heavy atom. The Labute approximate surface area is 84.5 Å². The zero-order valence-electron chi connectivity index (χ0n) is 9.04. The quantitative estimate of drug-likeness (QED) is 0.590. The van der Waals surface area contributed by atoms with E-state index in [0.29, 0.717) is 12.6 Å². The maximum absolute atomic E-state index is 11.7. The zero-order valence-corrected chi connectivity index (χ0v) is 9.04. The minimum Gasteiger partial charge on any atom is -0.332 e. The second kappa shape index (κ2) is 2.81. The molecule has 0 spiro atoms. The molecule has 1 aliphatic carbocycles. The van der Waals surface area contributed by atoms with E-state index in [-0.39, 0.29) is 23.0 Å². The van der Waals surface area contributed by atoms with Crippen LogP contribution in [0.15, 0.2) is 0 Å². The third-order valence-corrected chi connectivity index (χ3v) is 3.20. The monoisotopic (exact) mass is 195 g/mol. The first kappa shape index (κ1) is 9.69. The van der Waals surface area contributed by atoms with E-state index >= 15 is 0 Å². The van der Waals surface area contributed by atoms with Crippen LogP contribution in [-0.4, -0.2) is 29.2 Å². The van der Waals surface area contributed by atoms with Crippen molar-refractivity contribution in [3.8, 4) is 0 Å². The van der Waals surface area contributed by atoms with Gasteiger partial charge in [-0.05, 0) is 18.3 Å². The third kappa shape index (κ3) is 1.45. The van der Waals surface area contributed by atoms with E-state index in [4.69, 9.17) is 0 Å². The van der Waals surface area contributed by atoms with Crippen LogP contribution >= 0.6 is 0 Å². The lowest BCUT2D eigenvalue weighted by molar-refractivity contribution is -0.141. The van der Waals surface area contributed by atoms with Gasteiger partial charge in [-0.2, -0.15) is 0 Å². The summed E-state index contributed by atoms with van der Waals surface area (Å²) in [6, 6.07) is 0.374. The lowest BCUT2D eigenvalue weighted by Gasteiger charge is -2.24. The van der Waals surface area contributed by atoms with Crippen molar-refractivity contribution in [3.63, 3.8) is 0 Å². The minimum absolute atomic E-state index is 0.0869. The molecule has 0 bridgehead atoms. The number of amides is 1. The van der Waals surface area contributed by atoms with Gasteiger partial charge >= 0.3 is 0 Å². The van der Waals surface area contributed by atoms with Crippen LogP contribution in [-0.2, 0) is 9.59 Å². The molecule has 0 radical (unpaired) electrons. The number of carbonyl (C=O) groups is 2. The summed E-state index contributed by atoms with van der Waals surface area (Å²) in [7, 11) is 0. The number of hydrogen-bond acceptors (Lipinski definition) is 2. The number of nitrogens with zero attached hydrogens (tertiary/aromatic N) is 1. The predicted octanol–water partition coefficient (Wildman–Crippen LogP) is 1.22. The number of likely N-dealkylation sites (tertiary alicyclic amines) is 1. The molecule has 1 unspecified atom stereocenters. The van der Waals surface area contributed by atoms with Crippen LogP contribution in [0, 0.1) is 11.3 Å². The van der Waals surface area contributed by atoms with Gasteiger partial charge in [0.25, 0.3) is 5.91 Å². The van der Waals surface area contributed by atoms with E-state index in [9.17, 15) is 9.59 Å². The van der Waals surface area contributed by atoms with Crippen LogP contribution in [0.3, 0.4) is 0 Å². The molecule has 0 aromatic rings. The fraction of sp³-hybridized carbons (Fsp3) is 0.818. The molecule has 0 aromatic heterocycles. The van der Waals surface area contributed by atoms with Gasteiger partial charge in [-0.1, -0.05) is 20.8 Å². The molecule has 1 aliphatic heterocycles. The Balaban J connectivity index is 2.16. The van der Waals surface area contributed by atoms with Gasteiger partial charge in [-0.25, -0.2) is 0 Å². The van der Waals surface area contributed by atoms with Crippen molar-refractivity contribution in [1.29, 1.82) is 0 Å². The van der Waals surface area contributed by atoms with Crippen LogP contribution in [0.2, 0.25) is 0 Å². The van der Waals surface area contributed by atoms with Gasteiger partial charge in [0.05, 0.1) is 0 Å². The van der Waals surface area contributed by atoms with Gasteiger partial charge < -0.3 is 4.90 Å². The molecule has 1 heterocycles. The van der Waals surface area contributed by atoms with Crippen molar-refractivity contribution in [1.82, 2.24) is 4.90 Å². The lowest BCUT2D eigenvalue weighted by Crippen LogP contribution is -2.29. The van der Waals surface area contributed by atoms with Crippen LogP contribution in [0.5, 0.6) is 0 Å². The molecule has 2 aliphatic rings. The van der Waals surface area contributed by atoms with Crippen molar-refractivity contribution < 1.29 is 9.59 Å². The summed E-state index contributed by atoms with van der Waals surface area (Å²) in [6.45, 7) is 6.73. The smallest absolute Gasteiger partial charge is 0.290 e. The molecule has 3 heteroatoms. The Kier molecular flexibility index (Phi) is 1.95. The van der Waals surface area contributed by atoms with E-state index in [1.165, 1.54) is 0 Å². The summed E-state index contributed by atoms with van der Waals surface area (Å²) in [5, 5.41) is 0. The van der Waals surface area contributed by atoms with Gasteiger partial charge in [-0.3, -0.25) is 9.59 Å². The van der Waals surface area contributed by atoms with Crippen LogP contribution in [0.25, 0.3) is 0 Å². The normalized spacial score (nSPS) is 28.8. The summed E-state index contributed by atoms with van der Waals surface area (Å²) in [4.78, 5) is 25.1. The van der Waals surface area contributed by atoms with Crippen LogP contribution in [0.1, 0.15) is 33.6 Å². The molecule has 0 aromatic carbocycles. The van der Waals surface area contributed by atoms with Gasteiger partial charge in [0.15, 0.2) is 0 Å². The fourth-order valence-electron chi connectivity index (χ4n) is 2.02. The van der Waals surface area contributed by atoms with Crippen molar-refractivity contribution in [2.45, 2.75) is 39.7 Å². The highest BCUT2D eigenvalue weighted by atomic mass is 16.2. The van der Waals surface area contributed by atoms with Gasteiger partial charge in [-0.15, -0.1) is 0 Å². The number of carbonyl (C=O) groups excluding carboxylic acids is 2. The highest BCUT2D eigenvalue weighted by Gasteiger charge is 2.48. The van der Waals surface area contributed by atoms with E-state index < -0.39 is 0 Å². The molecule has 1 saturated carbocycles. The van der Waals surface area contributed by atoms with Crippen molar-refractivity contribution in [2.75, 3.05) is 6.54 Å². The summed E-state index contributed by atoms with van der Waals surface area (Å²) in [5.74, 6) is -0.521. The highest BCUT2D eigenvalue weighted by Crippen LogP contribution is 2.37. The maximum Gasteiger partial charge on any atom is 0.290 e. The minimum atomic E-state index is -0.243. The Morgan fingerprint density at radius 3 is 2.14 bits per heavy atom. The second-order valence-electron chi connectivity index (χ2n) is 5.47. The van der Waals surface area contributed by atoms with Crippen molar-refractivity contribution >= 4 is 11.7 Å². The average molecular weight is 195 g/mol. The zero-order chi connectivity index (χ0) is 10.5. The van der Waals surface area contributed by atoms with E-state index in [1.54, 1.807) is 4.90 Å². The Morgan fingerprint density at radius 1 is 1.21 bits per heavy atom.